The molecule has 19 heavy (non-hydrogen) atoms. The molecular weight excluding hydrogens is 245 g/mol. The second-order valence-electron chi connectivity index (χ2n) is 5.43. The molecule has 0 aromatic carbocycles. The quantitative estimate of drug-likeness (QED) is 0.838. The predicted molar refractivity (Wildman–Crippen MR) is 69.7 cm³/mol. The molecule has 2 aliphatic rings. The van der Waals surface area contributed by atoms with Crippen molar-refractivity contribution in [3.8, 4) is 0 Å². The molecule has 2 bridgehead atoms. The van der Waals surface area contributed by atoms with E-state index in [4.69, 9.17) is 0 Å². The molecule has 2 aliphatic heterocycles. The summed E-state index contributed by atoms with van der Waals surface area (Å²) in [5.41, 5.74) is 0.693. The highest BCUT2D eigenvalue weighted by Crippen LogP contribution is 2.23. The van der Waals surface area contributed by atoms with Gasteiger partial charge in [-0.15, -0.1) is 5.10 Å². The summed E-state index contributed by atoms with van der Waals surface area (Å²) in [7, 11) is 0. The first-order valence-electron chi connectivity index (χ1n) is 6.81. The van der Waals surface area contributed by atoms with Crippen LogP contribution in [0.25, 0.3) is 5.65 Å². The maximum Gasteiger partial charge on any atom is 0.245 e. The van der Waals surface area contributed by atoms with E-state index in [2.05, 4.69) is 20.3 Å². The molecule has 6 heteroatoms. The van der Waals surface area contributed by atoms with Gasteiger partial charge in [-0.05, 0) is 31.4 Å². The Kier molecular flexibility index (Phi) is 2.44. The summed E-state index contributed by atoms with van der Waals surface area (Å²) in [4.78, 5) is 6.70. The van der Waals surface area contributed by atoms with E-state index in [1.54, 1.807) is 6.07 Å². The first-order chi connectivity index (χ1) is 9.28. The standard InChI is InChI=1S/C13H16FN5/c14-9-1-4-12-16-13(17-19(12)7-9)18-6-5-10-2-3-11(8-18)15-10/h1,4,7,10-11,15H,2-3,5-6,8H2. The van der Waals surface area contributed by atoms with Crippen LogP contribution in [0.15, 0.2) is 18.3 Å². The van der Waals surface area contributed by atoms with E-state index in [9.17, 15) is 4.39 Å². The maximum absolute atomic E-state index is 13.2. The molecule has 4 heterocycles. The van der Waals surface area contributed by atoms with Crippen molar-refractivity contribution in [3.05, 3.63) is 24.1 Å². The van der Waals surface area contributed by atoms with Gasteiger partial charge >= 0.3 is 0 Å². The molecule has 2 aromatic heterocycles. The lowest BCUT2D eigenvalue weighted by Crippen LogP contribution is -2.35. The van der Waals surface area contributed by atoms with Crippen molar-refractivity contribution in [2.45, 2.75) is 31.3 Å². The Morgan fingerprint density at radius 1 is 1.21 bits per heavy atom. The summed E-state index contributed by atoms with van der Waals surface area (Å²) in [6.07, 6.45) is 5.00. The molecule has 100 valence electrons. The molecule has 4 rings (SSSR count). The normalized spacial score (nSPS) is 26.9. The van der Waals surface area contributed by atoms with Crippen LogP contribution in [0.5, 0.6) is 0 Å². The van der Waals surface area contributed by atoms with Crippen molar-refractivity contribution in [3.63, 3.8) is 0 Å². The van der Waals surface area contributed by atoms with E-state index >= 15 is 0 Å². The lowest BCUT2D eigenvalue weighted by Gasteiger charge is -2.22. The number of nitrogens with zero attached hydrogens (tertiary/aromatic N) is 4. The summed E-state index contributed by atoms with van der Waals surface area (Å²) in [6.45, 7) is 1.91. The third-order valence-electron chi connectivity index (χ3n) is 4.09. The van der Waals surface area contributed by atoms with Gasteiger partial charge in [0.05, 0.1) is 6.20 Å². The molecule has 5 nitrogen and oxygen atoms in total. The zero-order valence-corrected chi connectivity index (χ0v) is 10.6. The van der Waals surface area contributed by atoms with E-state index in [-0.39, 0.29) is 5.82 Å². The van der Waals surface area contributed by atoms with Gasteiger partial charge < -0.3 is 10.2 Å². The highest BCUT2D eigenvalue weighted by molar-refractivity contribution is 5.44. The molecule has 0 aliphatic carbocycles. The maximum atomic E-state index is 13.2. The average Bonchev–Trinajstić information content (AvgIpc) is 2.92. The van der Waals surface area contributed by atoms with Gasteiger partial charge in [0, 0.05) is 25.2 Å². The lowest BCUT2D eigenvalue weighted by molar-refractivity contribution is 0.563. The third kappa shape index (κ3) is 1.96. The summed E-state index contributed by atoms with van der Waals surface area (Å²) in [5.74, 6) is 0.417. The van der Waals surface area contributed by atoms with Crippen molar-refractivity contribution >= 4 is 11.6 Å². The van der Waals surface area contributed by atoms with E-state index in [0.717, 1.165) is 19.5 Å². The van der Waals surface area contributed by atoms with E-state index < -0.39 is 0 Å². The zero-order valence-electron chi connectivity index (χ0n) is 10.6. The van der Waals surface area contributed by atoms with E-state index in [0.29, 0.717) is 23.7 Å². The Balaban J connectivity index is 1.66. The fraction of sp³-hybridized carbons (Fsp3) is 0.538. The molecular formula is C13H16FN5. The number of nitrogens with one attached hydrogen (secondary N) is 1. The molecule has 2 unspecified atom stereocenters. The van der Waals surface area contributed by atoms with Gasteiger partial charge in [0.25, 0.3) is 0 Å². The number of rotatable bonds is 1. The number of fused-ring (bicyclic) bond motifs is 3. The van der Waals surface area contributed by atoms with Gasteiger partial charge in [0.1, 0.15) is 5.82 Å². The number of pyridine rings is 1. The van der Waals surface area contributed by atoms with Gasteiger partial charge in [-0.3, -0.25) is 0 Å². The molecule has 0 radical (unpaired) electrons. The zero-order chi connectivity index (χ0) is 12.8. The van der Waals surface area contributed by atoms with Gasteiger partial charge in [0.2, 0.25) is 5.95 Å². The van der Waals surface area contributed by atoms with Crippen molar-refractivity contribution in [2.75, 3.05) is 18.0 Å². The third-order valence-corrected chi connectivity index (χ3v) is 4.09. The van der Waals surface area contributed by atoms with Crippen LogP contribution < -0.4 is 10.2 Å². The molecule has 0 saturated carbocycles. The minimum absolute atomic E-state index is 0.291. The fourth-order valence-corrected chi connectivity index (χ4v) is 3.10. The molecule has 2 aromatic rings. The van der Waals surface area contributed by atoms with Gasteiger partial charge in [-0.2, -0.15) is 4.98 Å². The number of halogens is 1. The van der Waals surface area contributed by atoms with Crippen molar-refractivity contribution in [2.24, 2.45) is 0 Å². The predicted octanol–water partition coefficient (Wildman–Crippen LogP) is 1.20. The Morgan fingerprint density at radius 2 is 2.11 bits per heavy atom. The number of hydrogen-bond donors (Lipinski definition) is 1. The topological polar surface area (TPSA) is 45.5 Å². The van der Waals surface area contributed by atoms with Gasteiger partial charge in [-0.25, -0.2) is 8.91 Å². The molecule has 2 fully saturated rings. The average molecular weight is 261 g/mol. The fourth-order valence-electron chi connectivity index (χ4n) is 3.10. The van der Waals surface area contributed by atoms with Crippen LogP contribution in [-0.2, 0) is 0 Å². The Morgan fingerprint density at radius 3 is 3.05 bits per heavy atom. The van der Waals surface area contributed by atoms with Crippen LogP contribution >= 0.6 is 0 Å². The Labute approximate surface area is 110 Å². The van der Waals surface area contributed by atoms with Gasteiger partial charge in [-0.1, -0.05) is 0 Å². The summed E-state index contributed by atoms with van der Waals surface area (Å²) < 4.78 is 14.7. The minimum atomic E-state index is -0.291. The highest BCUT2D eigenvalue weighted by atomic mass is 19.1. The first kappa shape index (κ1) is 11.2. The van der Waals surface area contributed by atoms with Crippen LogP contribution in [0.2, 0.25) is 0 Å². The molecule has 0 amide bonds. The summed E-state index contributed by atoms with van der Waals surface area (Å²) >= 11 is 0. The largest absolute Gasteiger partial charge is 0.338 e. The Bertz CT molecular complexity index is 610. The van der Waals surface area contributed by atoms with Crippen LogP contribution in [0.3, 0.4) is 0 Å². The first-order valence-corrected chi connectivity index (χ1v) is 6.81. The van der Waals surface area contributed by atoms with E-state index in [1.165, 1.54) is 29.6 Å². The van der Waals surface area contributed by atoms with Crippen molar-refractivity contribution in [1.82, 2.24) is 19.9 Å². The summed E-state index contributed by atoms with van der Waals surface area (Å²) in [5, 5.41) is 8.02. The molecule has 1 N–H and O–H groups in total. The van der Waals surface area contributed by atoms with Crippen LogP contribution in [0, 0.1) is 5.82 Å². The minimum Gasteiger partial charge on any atom is -0.338 e. The number of aromatic nitrogens is 3. The SMILES string of the molecule is Fc1ccc2nc(N3CCC4CCC(C3)N4)nn2c1. The van der Waals surface area contributed by atoms with Crippen LogP contribution in [0.4, 0.5) is 10.3 Å². The summed E-state index contributed by atoms with van der Waals surface area (Å²) in [6, 6.07) is 4.26. The Hall–Kier alpha value is -1.69. The molecule has 0 spiro atoms. The highest BCUT2D eigenvalue weighted by Gasteiger charge is 2.30. The van der Waals surface area contributed by atoms with Crippen molar-refractivity contribution in [1.29, 1.82) is 0 Å². The number of hydrogen-bond acceptors (Lipinski definition) is 4. The smallest absolute Gasteiger partial charge is 0.245 e. The molecule has 2 atom stereocenters. The second kappa shape index (κ2) is 4.16. The van der Waals surface area contributed by atoms with Crippen LogP contribution in [0.1, 0.15) is 19.3 Å². The van der Waals surface area contributed by atoms with E-state index in [1.807, 2.05) is 0 Å². The van der Waals surface area contributed by atoms with Crippen LogP contribution in [-0.4, -0.2) is 39.8 Å². The number of anilines is 1. The molecule has 2 saturated heterocycles. The lowest BCUT2D eigenvalue weighted by atomic mass is 10.1. The second-order valence-corrected chi connectivity index (χ2v) is 5.43. The monoisotopic (exact) mass is 261 g/mol. The van der Waals surface area contributed by atoms with Crippen molar-refractivity contribution < 1.29 is 4.39 Å². The van der Waals surface area contributed by atoms with Gasteiger partial charge in [0.15, 0.2) is 5.65 Å².